The fraction of sp³-hybridized carbons (Fsp3) is 0.591. The molecule has 3 fully saturated rings. The number of likely N-dealkylation sites (tertiary alicyclic amines) is 2. The van der Waals surface area contributed by atoms with Gasteiger partial charge >= 0.3 is 0 Å². The normalized spacial score (nSPS) is 25.4. The lowest BCUT2D eigenvalue weighted by Crippen LogP contribution is -2.50. The van der Waals surface area contributed by atoms with Crippen LogP contribution in [0.4, 0.5) is 0 Å². The highest BCUT2D eigenvalue weighted by Crippen LogP contribution is 2.22. The summed E-state index contributed by atoms with van der Waals surface area (Å²) in [5, 5.41) is 3.11. The van der Waals surface area contributed by atoms with Gasteiger partial charge in [-0.25, -0.2) is 0 Å². The van der Waals surface area contributed by atoms with Gasteiger partial charge in [0.15, 0.2) is 0 Å². The van der Waals surface area contributed by atoms with Crippen molar-refractivity contribution in [1.82, 2.24) is 15.1 Å². The van der Waals surface area contributed by atoms with E-state index in [2.05, 4.69) is 5.32 Å². The Morgan fingerprint density at radius 1 is 1.10 bits per heavy atom. The van der Waals surface area contributed by atoms with E-state index in [1.54, 1.807) is 4.90 Å². The van der Waals surface area contributed by atoms with Crippen LogP contribution < -0.4 is 5.32 Å². The third kappa shape index (κ3) is 4.78. The van der Waals surface area contributed by atoms with Gasteiger partial charge in [0.1, 0.15) is 6.10 Å². The molecule has 0 aromatic heterocycles. The van der Waals surface area contributed by atoms with Gasteiger partial charge in [0, 0.05) is 45.2 Å². The number of nitrogens with one attached hydrogen (secondary N) is 1. The smallest absolute Gasteiger partial charge is 0.251 e. The Bertz CT molecular complexity index is 740. The van der Waals surface area contributed by atoms with Gasteiger partial charge in [-0.2, -0.15) is 0 Å². The van der Waals surface area contributed by atoms with Crippen LogP contribution in [0.1, 0.15) is 37.7 Å². The predicted octanol–water partition coefficient (Wildman–Crippen LogP) is 1.32. The molecule has 4 rings (SSSR count). The van der Waals surface area contributed by atoms with E-state index in [-0.39, 0.29) is 42.2 Å². The standard InChI is InChI=1S/C22H29N3O4/c26-20-13-17(15-25(20)14-16-5-2-1-3-6-16)21(27)23-18-8-10-24(11-9-18)22(28)19-7-4-12-29-19/h1-3,5-6,17-19H,4,7-15H2,(H,23,27). The number of carbonyl (C=O) groups excluding carboxylic acids is 3. The molecule has 3 aliphatic rings. The average Bonchev–Trinajstić information content (AvgIpc) is 3.39. The Balaban J connectivity index is 1.23. The Kier molecular flexibility index (Phi) is 6.13. The summed E-state index contributed by atoms with van der Waals surface area (Å²) < 4.78 is 5.49. The monoisotopic (exact) mass is 399 g/mol. The van der Waals surface area contributed by atoms with Crippen LogP contribution in [-0.2, 0) is 25.7 Å². The quantitative estimate of drug-likeness (QED) is 0.810. The maximum Gasteiger partial charge on any atom is 0.251 e. The number of hydrogen-bond donors (Lipinski definition) is 1. The Morgan fingerprint density at radius 2 is 1.86 bits per heavy atom. The van der Waals surface area contributed by atoms with Crippen molar-refractivity contribution in [3.63, 3.8) is 0 Å². The summed E-state index contributed by atoms with van der Waals surface area (Å²) >= 11 is 0. The molecule has 1 aromatic rings. The molecule has 1 N–H and O–H groups in total. The third-order valence-corrected chi connectivity index (χ3v) is 6.16. The van der Waals surface area contributed by atoms with Gasteiger partial charge < -0.3 is 19.9 Å². The minimum absolute atomic E-state index is 0.0333. The number of nitrogens with zero attached hydrogens (tertiary/aromatic N) is 2. The lowest BCUT2D eigenvalue weighted by Gasteiger charge is -2.34. The second-order valence-corrected chi connectivity index (χ2v) is 8.27. The first-order valence-electron chi connectivity index (χ1n) is 10.6. The first-order valence-corrected chi connectivity index (χ1v) is 10.6. The SMILES string of the molecule is O=C(NC1CCN(C(=O)C2CCCO2)CC1)C1CC(=O)N(Cc2ccccc2)C1. The molecule has 0 radical (unpaired) electrons. The van der Waals surface area contributed by atoms with Crippen molar-refractivity contribution in [2.75, 3.05) is 26.2 Å². The number of hydrogen-bond acceptors (Lipinski definition) is 4. The maximum atomic E-state index is 12.7. The van der Waals surface area contributed by atoms with Crippen LogP contribution in [0, 0.1) is 5.92 Å². The molecule has 3 aliphatic heterocycles. The van der Waals surface area contributed by atoms with Crippen molar-refractivity contribution in [3.05, 3.63) is 35.9 Å². The molecule has 7 heteroatoms. The maximum absolute atomic E-state index is 12.7. The van der Waals surface area contributed by atoms with Gasteiger partial charge in [-0.15, -0.1) is 0 Å². The highest BCUT2D eigenvalue weighted by atomic mass is 16.5. The van der Waals surface area contributed by atoms with Gasteiger partial charge in [-0.05, 0) is 31.2 Å². The summed E-state index contributed by atoms with van der Waals surface area (Å²) in [5.41, 5.74) is 1.07. The number of amides is 3. The van der Waals surface area contributed by atoms with E-state index >= 15 is 0 Å². The topological polar surface area (TPSA) is 79.0 Å². The second kappa shape index (κ2) is 8.95. The molecule has 29 heavy (non-hydrogen) atoms. The molecule has 0 saturated carbocycles. The van der Waals surface area contributed by atoms with Crippen molar-refractivity contribution in [2.24, 2.45) is 5.92 Å². The van der Waals surface area contributed by atoms with E-state index in [4.69, 9.17) is 4.74 Å². The Morgan fingerprint density at radius 3 is 2.55 bits per heavy atom. The molecule has 2 unspecified atom stereocenters. The molecule has 7 nitrogen and oxygen atoms in total. The zero-order valence-corrected chi connectivity index (χ0v) is 16.7. The zero-order chi connectivity index (χ0) is 20.2. The summed E-state index contributed by atoms with van der Waals surface area (Å²) in [4.78, 5) is 41.1. The largest absolute Gasteiger partial charge is 0.368 e. The average molecular weight is 399 g/mol. The molecule has 3 heterocycles. The highest BCUT2D eigenvalue weighted by Gasteiger charge is 2.36. The molecule has 3 amide bonds. The number of ether oxygens (including phenoxy) is 1. The third-order valence-electron chi connectivity index (χ3n) is 6.16. The molecule has 0 spiro atoms. The lowest BCUT2D eigenvalue weighted by molar-refractivity contribution is -0.142. The van der Waals surface area contributed by atoms with Crippen LogP contribution >= 0.6 is 0 Å². The summed E-state index contributed by atoms with van der Waals surface area (Å²) in [6.07, 6.45) is 3.25. The first kappa shape index (κ1) is 19.9. The van der Waals surface area contributed by atoms with Gasteiger partial charge in [0.05, 0.1) is 5.92 Å². The van der Waals surface area contributed by atoms with Crippen molar-refractivity contribution in [2.45, 2.75) is 50.8 Å². The van der Waals surface area contributed by atoms with Crippen LogP contribution in [-0.4, -0.2) is 65.9 Å². The minimum atomic E-state index is -0.294. The van der Waals surface area contributed by atoms with Gasteiger partial charge in [0.2, 0.25) is 11.8 Å². The van der Waals surface area contributed by atoms with E-state index in [1.807, 2.05) is 35.2 Å². The molecule has 0 bridgehead atoms. The second-order valence-electron chi connectivity index (χ2n) is 8.27. The molecular formula is C22H29N3O4. The van der Waals surface area contributed by atoms with E-state index in [0.717, 1.165) is 31.2 Å². The number of piperidine rings is 1. The molecule has 0 aliphatic carbocycles. The first-order chi connectivity index (χ1) is 14.1. The summed E-state index contributed by atoms with van der Waals surface area (Å²) in [7, 11) is 0. The fourth-order valence-corrected chi connectivity index (χ4v) is 4.44. The minimum Gasteiger partial charge on any atom is -0.368 e. The van der Waals surface area contributed by atoms with Crippen LogP contribution in [0.25, 0.3) is 0 Å². The van der Waals surface area contributed by atoms with Crippen LogP contribution in [0.2, 0.25) is 0 Å². The van der Waals surface area contributed by atoms with Crippen molar-refractivity contribution in [1.29, 1.82) is 0 Å². The Hall–Kier alpha value is -2.41. The van der Waals surface area contributed by atoms with Gasteiger partial charge in [0.25, 0.3) is 5.91 Å². The molecular weight excluding hydrogens is 370 g/mol. The van der Waals surface area contributed by atoms with E-state index < -0.39 is 0 Å². The highest BCUT2D eigenvalue weighted by molar-refractivity contribution is 5.89. The lowest BCUT2D eigenvalue weighted by atomic mass is 10.0. The van der Waals surface area contributed by atoms with Crippen LogP contribution in [0.3, 0.4) is 0 Å². The summed E-state index contributed by atoms with van der Waals surface area (Å²) in [5.74, 6) is -0.216. The Labute approximate surface area is 171 Å². The fourth-order valence-electron chi connectivity index (χ4n) is 4.44. The van der Waals surface area contributed by atoms with E-state index in [0.29, 0.717) is 32.8 Å². The summed E-state index contributed by atoms with van der Waals surface area (Å²) in [6, 6.07) is 9.91. The van der Waals surface area contributed by atoms with Crippen molar-refractivity contribution >= 4 is 17.7 Å². The number of rotatable bonds is 5. The van der Waals surface area contributed by atoms with Gasteiger partial charge in [-0.3, -0.25) is 14.4 Å². The van der Waals surface area contributed by atoms with Crippen LogP contribution in [0.5, 0.6) is 0 Å². The molecule has 2 atom stereocenters. The van der Waals surface area contributed by atoms with Gasteiger partial charge in [-0.1, -0.05) is 30.3 Å². The van der Waals surface area contributed by atoms with E-state index in [9.17, 15) is 14.4 Å². The van der Waals surface area contributed by atoms with Crippen LogP contribution in [0.15, 0.2) is 30.3 Å². The molecule has 3 saturated heterocycles. The number of benzene rings is 1. The van der Waals surface area contributed by atoms with Crippen molar-refractivity contribution in [3.8, 4) is 0 Å². The molecule has 1 aromatic carbocycles. The van der Waals surface area contributed by atoms with E-state index in [1.165, 1.54) is 0 Å². The molecule has 156 valence electrons. The predicted molar refractivity (Wildman–Crippen MR) is 107 cm³/mol. The summed E-state index contributed by atoms with van der Waals surface area (Å²) in [6.45, 7) is 2.98. The number of carbonyl (C=O) groups is 3. The zero-order valence-electron chi connectivity index (χ0n) is 16.7. The van der Waals surface area contributed by atoms with Crippen molar-refractivity contribution < 1.29 is 19.1 Å².